The third kappa shape index (κ3) is 2.38. The standard InChI is InChI=1S/C13H23N3O/c1-4-10(9-17-3)16-12-6-7-14-8-11(12)15-13(16)5-2/h10,14H,4-9H2,1-3H3. The van der Waals surface area contributed by atoms with E-state index in [-0.39, 0.29) is 0 Å². The normalized spacial score (nSPS) is 16.9. The summed E-state index contributed by atoms with van der Waals surface area (Å²) in [5.74, 6) is 1.21. The van der Waals surface area contributed by atoms with E-state index >= 15 is 0 Å². The van der Waals surface area contributed by atoms with Gasteiger partial charge in [-0.25, -0.2) is 4.98 Å². The Kier molecular flexibility index (Phi) is 4.18. The second-order valence-electron chi connectivity index (χ2n) is 4.59. The lowest BCUT2D eigenvalue weighted by Crippen LogP contribution is -2.27. The molecule has 1 N–H and O–H groups in total. The molecule has 0 fully saturated rings. The molecule has 2 rings (SSSR count). The number of hydrogen-bond acceptors (Lipinski definition) is 3. The van der Waals surface area contributed by atoms with Crippen LogP contribution in [-0.2, 0) is 24.1 Å². The second-order valence-corrected chi connectivity index (χ2v) is 4.59. The van der Waals surface area contributed by atoms with Crippen LogP contribution in [-0.4, -0.2) is 29.8 Å². The SMILES string of the molecule is CCc1nc2c(n1C(CC)COC)CCNC2. The van der Waals surface area contributed by atoms with Crippen molar-refractivity contribution in [2.45, 2.75) is 45.7 Å². The molecule has 1 aromatic rings. The van der Waals surface area contributed by atoms with Gasteiger partial charge in [0.05, 0.1) is 18.3 Å². The van der Waals surface area contributed by atoms with Crippen LogP contribution in [0.3, 0.4) is 0 Å². The summed E-state index contributed by atoms with van der Waals surface area (Å²) in [4.78, 5) is 4.77. The minimum absolute atomic E-state index is 0.435. The van der Waals surface area contributed by atoms with E-state index in [4.69, 9.17) is 9.72 Å². The molecule has 1 atom stereocenters. The number of hydrogen-bond donors (Lipinski definition) is 1. The van der Waals surface area contributed by atoms with Crippen LogP contribution in [0.2, 0.25) is 0 Å². The maximum absolute atomic E-state index is 5.34. The molecule has 4 nitrogen and oxygen atoms in total. The van der Waals surface area contributed by atoms with Crippen molar-refractivity contribution >= 4 is 0 Å². The zero-order valence-electron chi connectivity index (χ0n) is 11.1. The number of nitrogens with one attached hydrogen (secondary N) is 1. The highest BCUT2D eigenvalue weighted by Crippen LogP contribution is 2.23. The van der Waals surface area contributed by atoms with Crippen LogP contribution < -0.4 is 5.32 Å². The molecule has 0 saturated heterocycles. The van der Waals surface area contributed by atoms with Crippen molar-refractivity contribution in [3.05, 3.63) is 17.2 Å². The first-order valence-corrected chi connectivity index (χ1v) is 6.60. The molecule has 0 bridgehead atoms. The fourth-order valence-corrected chi connectivity index (χ4v) is 2.64. The molecule has 2 heterocycles. The summed E-state index contributed by atoms with van der Waals surface area (Å²) in [5, 5.41) is 3.39. The third-order valence-corrected chi connectivity index (χ3v) is 3.51. The molecule has 0 spiro atoms. The van der Waals surface area contributed by atoms with E-state index in [1.807, 2.05) is 0 Å². The summed E-state index contributed by atoms with van der Waals surface area (Å²) in [7, 11) is 1.78. The molecule has 4 heteroatoms. The Bertz CT molecular complexity index is 373. The minimum Gasteiger partial charge on any atom is -0.383 e. The maximum atomic E-state index is 5.34. The average Bonchev–Trinajstić information content (AvgIpc) is 2.74. The Labute approximate surface area is 103 Å². The number of methoxy groups -OCH3 is 1. The first kappa shape index (κ1) is 12.6. The third-order valence-electron chi connectivity index (χ3n) is 3.51. The molecule has 0 aliphatic carbocycles. The highest BCUT2D eigenvalue weighted by molar-refractivity contribution is 5.21. The van der Waals surface area contributed by atoms with Crippen molar-refractivity contribution in [3.63, 3.8) is 0 Å². The molecule has 0 saturated carbocycles. The van der Waals surface area contributed by atoms with Crippen LogP contribution in [0, 0.1) is 0 Å². The van der Waals surface area contributed by atoms with Crippen molar-refractivity contribution in [1.82, 2.24) is 14.9 Å². The zero-order valence-corrected chi connectivity index (χ0v) is 11.1. The number of aromatic nitrogens is 2. The van der Waals surface area contributed by atoms with Gasteiger partial charge in [-0.1, -0.05) is 13.8 Å². The van der Waals surface area contributed by atoms with Gasteiger partial charge in [0.1, 0.15) is 5.82 Å². The number of fused-ring (bicyclic) bond motifs is 1. The Morgan fingerprint density at radius 3 is 2.94 bits per heavy atom. The number of imidazole rings is 1. The number of ether oxygens (including phenoxy) is 1. The molecule has 0 radical (unpaired) electrons. The molecule has 0 amide bonds. The zero-order chi connectivity index (χ0) is 12.3. The quantitative estimate of drug-likeness (QED) is 0.847. The predicted octanol–water partition coefficient (Wildman–Crippen LogP) is 1.69. The predicted molar refractivity (Wildman–Crippen MR) is 68.2 cm³/mol. The minimum atomic E-state index is 0.435. The largest absolute Gasteiger partial charge is 0.383 e. The van der Waals surface area contributed by atoms with Crippen molar-refractivity contribution in [2.75, 3.05) is 20.3 Å². The van der Waals surface area contributed by atoms with E-state index in [2.05, 4.69) is 23.7 Å². The lowest BCUT2D eigenvalue weighted by Gasteiger charge is -2.23. The van der Waals surface area contributed by atoms with Crippen LogP contribution in [0.25, 0.3) is 0 Å². The fraction of sp³-hybridized carbons (Fsp3) is 0.769. The van der Waals surface area contributed by atoms with Gasteiger partial charge in [-0.05, 0) is 6.42 Å². The molecule has 96 valence electrons. The summed E-state index contributed by atoms with van der Waals surface area (Å²) in [6.07, 6.45) is 3.17. The monoisotopic (exact) mass is 237 g/mol. The van der Waals surface area contributed by atoms with Gasteiger partial charge in [-0.2, -0.15) is 0 Å². The highest BCUT2D eigenvalue weighted by atomic mass is 16.5. The van der Waals surface area contributed by atoms with Gasteiger partial charge in [0.25, 0.3) is 0 Å². The molecule has 1 unspecified atom stereocenters. The number of aryl methyl sites for hydroxylation is 1. The van der Waals surface area contributed by atoms with Gasteiger partial charge >= 0.3 is 0 Å². The van der Waals surface area contributed by atoms with Crippen LogP contribution in [0.5, 0.6) is 0 Å². The van der Waals surface area contributed by atoms with Gasteiger partial charge in [0, 0.05) is 38.7 Å². The Hall–Kier alpha value is -0.870. The first-order valence-electron chi connectivity index (χ1n) is 6.60. The van der Waals surface area contributed by atoms with Crippen LogP contribution in [0.1, 0.15) is 43.5 Å². The summed E-state index contributed by atoms with van der Waals surface area (Å²) >= 11 is 0. The summed E-state index contributed by atoms with van der Waals surface area (Å²) < 4.78 is 7.78. The van der Waals surface area contributed by atoms with E-state index in [0.717, 1.165) is 39.0 Å². The van der Waals surface area contributed by atoms with Crippen LogP contribution in [0.4, 0.5) is 0 Å². The molecule has 1 aliphatic heterocycles. The smallest absolute Gasteiger partial charge is 0.109 e. The Morgan fingerprint density at radius 2 is 2.29 bits per heavy atom. The van der Waals surface area contributed by atoms with Crippen molar-refractivity contribution in [2.24, 2.45) is 0 Å². The van der Waals surface area contributed by atoms with Gasteiger partial charge < -0.3 is 14.6 Å². The molecule has 0 aromatic carbocycles. The highest BCUT2D eigenvalue weighted by Gasteiger charge is 2.23. The lowest BCUT2D eigenvalue weighted by molar-refractivity contribution is 0.150. The van der Waals surface area contributed by atoms with Crippen molar-refractivity contribution < 1.29 is 4.74 Å². The fourth-order valence-electron chi connectivity index (χ4n) is 2.64. The average molecular weight is 237 g/mol. The van der Waals surface area contributed by atoms with E-state index in [1.54, 1.807) is 7.11 Å². The van der Waals surface area contributed by atoms with E-state index in [0.29, 0.717) is 6.04 Å². The first-order chi connectivity index (χ1) is 8.31. The van der Waals surface area contributed by atoms with Crippen LogP contribution in [0.15, 0.2) is 0 Å². The Morgan fingerprint density at radius 1 is 1.47 bits per heavy atom. The maximum Gasteiger partial charge on any atom is 0.109 e. The summed E-state index contributed by atoms with van der Waals surface area (Å²) in [6.45, 7) is 7.15. The molecule has 1 aromatic heterocycles. The second kappa shape index (κ2) is 5.65. The van der Waals surface area contributed by atoms with Gasteiger partial charge in [0.2, 0.25) is 0 Å². The van der Waals surface area contributed by atoms with E-state index in [1.165, 1.54) is 17.2 Å². The molecule has 1 aliphatic rings. The van der Waals surface area contributed by atoms with Crippen molar-refractivity contribution in [1.29, 1.82) is 0 Å². The van der Waals surface area contributed by atoms with Crippen LogP contribution >= 0.6 is 0 Å². The lowest BCUT2D eigenvalue weighted by atomic mass is 10.1. The summed E-state index contributed by atoms with van der Waals surface area (Å²) in [6, 6.07) is 0.435. The summed E-state index contributed by atoms with van der Waals surface area (Å²) in [5.41, 5.74) is 2.66. The topological polar surface area (TPSA) is 39.1 Å². The van der Waals surface area contributed by atoms with Gasteiger partial charge in [-0.3, -0.25) is 0 Å². The number of rotatable bonds is 5. The number of nitrogens with zero attached hydrogens (tertiary/aromatic N) is 2. The van der Waals surface area contributed by atoms with E-state index < -0.39 is 0 Å². The van der Waals surface area contributed by atoms with E-state index in [9.17, 15) is 0 Å². The van der Waals surface area contributed by atoms with Gasteiger partial charge in [-0.15, -0.1) is 0 Å². The van der Waals surface area contributed by atoms with Gasteiger partial charge in [0.15, 0.2) is 0 Å². The molecule has 17 heavy (non-hydrogen) atoms. The van der Waals surface area contributed by atoms with Crippen molar-refractivity contribution in [3.8, 4) is 0 Å². The Balaban J connectivity index is 2.38. The molecular weight excluding hydrogens is 214 g/mol. The molecular formula is C13H23N3O.